The van der Waals surface area contributed by atoms with Gasteiger partial charge in [-0.1, -0.05) is 0 Å². The van der Waals surface area contributed by atoms with Crippen molar-refractivity contribution in [1.82, 2.24) is 0 Å². The highest BCUT2D eigenvalue weighted by atomic mass is 16.5. The Balaban J connectivity index is 0.00000196. The Kier molecular flexibility index (Phi) is 2.93. The van der Waals surface area contributed by atoms with Crippen molar-refractivity contribution in [3.05, 3.63) is 23.3 Å². The van der Waals surface area contributed by atoms with Crippen LogP contribution in [0.25, 0.3) is 0 Å². The van der Waals surface area contributed by atoms with Gasteiger partial charge in [0.15, 0.2) is 0 Å². The lowest BCUT2D eigenvalue weighted by molar-refractivity contribution is 0.0600. The minimum atomic E-state index is -0.404. The number of nitrogens with one attached hydrogen (secondary N) is 1. The number of nitrogens with two attached hydrogens (primary N) is 2. The van der Waals surface area contributed by atoms with E-state index in [1.54, 1.807) is 19.1 Å². The molecular formula is C9H15N3O2. The summed E-state index contributed by atoms with van der Waals surface area (Å²) in [6.07, 6.45) is 0. The molecule has 0 saturated carbocycles. The van der Waals surface area contributed by atoms with E-state index in [0.29, 0.717) is 16.9 Å². The zero-order valence-corrected chi connectivity index (χ0v) is 8.13. The number of aryl methyl sites for hydroxylation is 1. The molecule has 5 nitrogen and oxygen atoms in total. The molecule has 1 aromatic rings. The van der Waals surface area contributed by atoms with E-state index >= 15 is 0 Å². The summed E-state index contributed by atoms with van der Waals surface area (Å²) in [5.41, 5.74) is 10.3. The minimum Gasteiger partial charge on any atom is -0.465 e. The summed E-state index contributed by atoms with van der Waals surface area (Å²) in [6.45, 7) is 1.78. The molecule has 0 aliphatic carbocycles. The first kappa shape index (κ1) is 10.3. The molecule has 14 heavy (non-hydrogen) atoms. The van der Waals surface area contributed by atoms with Gasteiger partial charge in [-0.25, -0.2) is 4.79 Å². The second-order valence-electron chi connectivity index (χ2n) is 2.89. The number of anilines is 2. The fourth-order valence-corrected chi connectivity index (χ4v) is 1.19. The van der Waals surface area contributed by atoms with Crippen LogP contribution in [0.3, 0.4) is 0 Å². The summed E-state index contributed by atoms with van der Waals surface area (Å²) >= 11 is 0. The first-order valence-electron chi connectivity index (χ1n) is 4.05. The number of carbonyl (C=O) groups is 1. The molecule has 0 amide bonds. The fourth-order valence-electron chi connectivity index (χ4n) is 1.19. The first-order valence-corrected chi connectivity index (χ1v) is 4.05. The maximum Gasteiger partial charge on any atom is 0.338 e. The van der Waals surface area contributed by atoms with Gasteiger partial charge in [0.2, 0.25) is 0 Å². The molecule has 0 heterocycles. The predicted molar refractivity (Wildman–Crippen MR) is 56.9 cm³/mol. The Morgan fingerprint density at radius 1 is 1.57 bits per heavy atom. The van der Waals surface area contributed by atoms with Gasteiger partial charge in [-0.05, 0) is 24.6 Å². The third-order valence-corrected chi connectivity index (χ3v) is 1.96. The van der Waals surface area contributed by atoms with Crippen molar-refractivity contribution in [1.29, 1.82) is 0 Å². The number of esters is 1. The standard InChI is InChI=1S/C9H13N3O2.H2/c1-5-3-7(10)8(12-11)4-6(5)9(13)14-2;/h3-4,12H,10-11H2,1-2H3;1H. The first-order chi connectivity index (χ1) is 6.60. The van der Waals surface area contributed by atoms with Gasteiger partial charge in [0.1, 0.15) is 0 Å². The van der Waals surface area contributed by atoms with E-state index in [2.05, 4.69) is 10.2 Å². The van der Waals surface area contributed by atoms with E-state index < -0.39 is 5.97 Å². The summed E-state index contributed by atoms with van der Waals surface area (Å²) in [5, 5.41) is 0. The second kappa shape index (κ2) is 3.97. The topological polar surface area (TPSA) is 90.4 Å². The number of methoxy groups -OCH3 is 1. The Hall–Kier alpha value is -1.75. The summed E-state index contributed by atoms with van der Waals surface area (Å²) in [6, 6.07) is 3.23. The van der Waals surface area contributed by atoms with Crippen molar-refractivity contribution in [2.45, 2.75) is 6.92 Å². The van der Waals surface area contributed by atoms with Gasteiger partial charge in [-0.2, -0.15) is 0 Å². The fraction of sp³-hybridized carbons (Fsp3) is 0.222. The molecule has 1 aromatic carbocycles. The molecule has 0 saturated heterocycles. The lowest BCUT2D eigenvalue weighted by atomic mass is 10.1. The molecular weight excluding hydrogens is 182 g/mol. The highest BCUT2D eigenvalue weighted by Crippen LogP contribution is 2.22. The van der Waals surface area contributed by atoms with Gasteiger partial charge in [0.05, 0.1) is 24.0 Å². The monoisotopic (exact) mass is 197 g/mol. The molecule has 0 radical (unpaired) electrons. The van der Waals surface area contributed by atoms with Crippen LogP contribution in [0.1, 0.15) is 17.3 Å². The van der Waals surface area contributed by atoms with Gasteiger partial charge >= 0.3 is 5.97 Å². The molecule has 1 rings (SSSR count). The van der Waals surface area contributed by atoms with Crippen LogP contribution < -0.4 is 17.0 Å². The number of ether oxygens (including phenoxy) is 1. The van der Waals surface area contributed by atoms with Crippen LogP contribution in [-0.2, 0) is 4.74 Å². The van der Waals surface area contributed by atoms with Gasteiger partial charge in [-0.3, -0.25) is 5.84 Å². The lowest BCUT2D eigenvalue weighted by Gasteiger charge is -2.09. The van der Waals surface area contributed by atoms with Crippen molar-refractivity contribution in [3.63, 3.8) is 0 Å². The number of nitrogen functional groups attached to an aromatic ring is 2. The smallest absolute Gasteiger partial charge is 0.338 e. The molecule has 0 unspecified atom stereocenters. The summed E-state index contributed by atoms with van der Waals surface area (Å²) in [5.74, 6) is 4.83. The zero-order chi connectivity index (χ0) is 10.7. The SMILES string of the molecule is COC(=O)c1cc(NN)c(N)cc1C.[HH]. The molecule has 5 N–H and O–H groups in total. The number of carbonyl (C=O) groups excluding carboxylic acids is 1. The van der Waals surface area contributed by atoms with Crippen molar-refractivity contribution in [3.8, 4) is 0 Å². The number of hydrogen-bond acceptors (Lipinski definition) is 5. The van der Waals surface area contributed by atoms with E-state index in [9.17, 15) is 4.79 Å². The van der Waals surface area contributed by atoms with Gasteiger partial charge < -0.3 is 15.9 Å². The Labute approximate surface area is 83.5 Å². The van der Waals surface area contributed by atoms with E-state index in [1.165, 1.54) is 7.11 Å². The molecule has 0 bridgehead atoms. The average Bonchev–Trinajstić information content (AvgIpc) is 2.17. The largest absolute Gasteiger partial charge is 0.465 e. The number of rotatable bonds is 2. The molecule has 5 heteroatoms. The summed E-state index contributed by atoms with van der Waals surface area (Å²) in [4.78, 5) is 11.3. The average molecular weight is 197 g/mol. The minimum absolute atomic E-state index is 0. The maximum absolute atomic E-state index is 11.3. The van der Waals surface area contributed by atoms with Crippen LogP contribution in [0, 0.1) is 6.92 Å². The molecule has 0 aliphatic heterocycles. The van der Waals surface area contributed by atoms with Crippen molar-refractivity contribution < 1.29 is 11.0 Å². The van der Waals surface area contributed by atoms with Crippen molar-refractivity contribution >= 4 is 17.3 Å². The van der Waals surface area contributed by atoms with Crippen LogP contribution >= 0.6 is 0 Å². The molecule has 78 valence electrons. The van der Waals surface area contributed by atoms with Crippen molar-refractivity contribution in [2.75, 3.05) is 18.3 Å². The van der Waals surface area contributed by atoms with Crippen LogP contribution in [0.15, 0.2) is 12.1 Å². The lowest BCUT2D eigenvalue weighted by Crippen LogP contribution is -2.12. The Morgan fingerprint density at radius 2 is 2.21 bits per heavy atom. The van der Waals surface area contributed by atoms with Gasteiger partial charge in [-0.15, -0.1) is 0 Å². The van der Waals surface area contributed by atoms with E-state index in [0.717, 1.165) is 5.56 Å². The molecule has 0 aliphatic rings. The number of hydrogen-bond donors (Lipinski definition) is 3. The summed E-state index contributed by atoms with van der Waals surface area (Å²) < 4.78 is 4.61. The van der Waals surface area contributed by atoms with Crippen LogP contribution in [0.5, 0.6) is 0 Å². The van der Waals surface area contributed by atoms with Gasteiger partial charge in [0, 0.05) is 1.43 Å². The second-order valence-corrected chi connectivity index (χ2v) is 2.89. The highest BCUT2D eigenvalue weighted by Gasteiger charge is 2.11. The number of benzene rings is 1. The van der Waals surface area contributed by atoms with Gasteiger partial charge in [0.25, 0.3) is 0 Å². The maximum atomic E-state index is 11.3. The Bertz CT molecular complexity index is 369. The number of hydrazine groups is 1. The van der Waals surface area contributed by atoms with E-state index in [4.69, 9.17) is 11.6 Å². The molecule has 0 atom stereocenters. The van der Waals surface area contributed by atoms with Crippen LogP contribution in [0.2, 0.25) is 0 Å². The highest BCUT2D eigenvalue weighted by molar-refractivity contribution is 5.93. The predicted octanol–water partition coefficient (Wildman–Crippen LogP) is 0.895. The Morgan fingerprint density at radius 3 is 2.71 bits per heavy atom. The third kappa shape index (κ3) is 1.77. The van der Waals surface area contributed by atoms with E-state index in [-0.39, 0.29) is 1.43 Å². The third-order valence-electron chi connectivity index (χ3n) is 1.96. The zero-order valence-electron chi connectivity index (χ0n) is 8.13. The van der Waals surface area contributed by atoms with Crippen molar-refractivity contribution in [2.24, 2.45) is 5.84 Å². The molecule has 0 spiro atoms. The normalized spacial score (nSPS) is 9.64. The molecule has 0 fully saturated rings. The van der Waals surface area contributed by atoms with Crippen LogP contribution in [-0.4, -0.2) is 13.1 Å². The van der Waals surface area contributed by atoms with E-state index in [1.807, 2.05) is 0 Å². The quantitative estimate of drug-likeness (QED) is 0.283. The summed E-state index contributed by atoms with van der Waals surface area (Å²) in [7, 11) is 1.33. The molecule has 0 aromatic heterocycles. The van der Waals surface area contributed by atoms with Crippen LogP contribution in [0.4, 0.5) is 11.4 Å².